The van der Waals surface area contributed by atoms with Crippen molar-refractivity contribution in [1.82, 2.24) is 10.2 Å². The maximum Gasteiger partial charge on any atom is 0.318 e. The smallest absolute Gasteiger partial charge is 0.318 e. The molecule has 0 aliphatic heterocycles. The summed E-state index contributed by atoms with van der Waals surface area (Å²) in [6.07, 6.45) is 6.01. The van der Waals surface area contributed by atoms with Crippen LogP contribution in [0.3, 0.4) is 0 Å². The second-order valence-electron chi connectivity index (χ2n) is 5.23. The van der Waals surface area contributed by atoms with E-state index in [4.69, 9.17) is 0 Å². The van der Waals surface area contributed by atoms with Crippen molar-refractivity contribution >= 4 is 6.03 Å². The Morgan fingerprint density at radius 1 is 1.25 bits per heavy atom. The summed E-state index contributed by atoms with van der Waals surface area (Å²) in [5, 5.41) is 2.86. The highest BCUT2D eigenvalue weighted by Crippen LogP contribution is 2.21. The van der Waals surface area contributed by atoms with Crippen LogP contribution in [0.4, 0.5) is 4.79 Å². The second-order valence-corrected chi connectivity index (χ2v) is 5.23. The molecule has 1 aliphatic rings. The van der Waals surface area contributed by atoms with Gasteiger partial charge >= 0.3 is 6.03 Å². The van der Waals surface area contributed by atoms with Crippen molar-refractivity contribution in [1.29, 1.82) is 0 Å². The standard InChI is InChI=1S/C17H22N2O/c1-19(16-12-6-3-7-13-16)17(20)18-14-8-11-15-9-4-2-5-10-15/h2,4-5,9-10,16H,3,6-7,12-14H2,1H3,(H,18,20). The molecule has 0 spiro atoms. The normalized spacial score (nSPS) is 15.1. The van der Waals surface area contributed by atoms with E-state index in [1.54, 1.807) is 0 Å². The highest BCUT2D eigenvalue weighted by Gasteiger charge is 2.21. The molecule has 1 saturated carbocycles. The van der Waals surface area contributed by atoms with E-state index in [0.29, 0.717) is 12.6 Å². The lowest BCUT2D eigenvalue weighted by molar-refractivity contribution is 0.175. The fraction of sp³-hybridized carbons (Fsp3) is 0.471. The lowest BCUT2D eigenvalue weighted by Crippen LogP contribution is -2.44. The van der Waals surface area contributed by atoms with Crippen LogP contribution in [0.15, 0.2) is 30.3 Å². The zero-order chi connectivity index (χ0) is 14.2. The fourth-order valence-corrected chi connectivity index (χ4v) is 2.55. The molecular formula is C17H22N2O. The molecule has 1 aliphatic carbocycles. The molecule has 0 unspecified atom stereocenters. The Balaban J connectivity index is 1.76. The number of benzene rings is 1. The Hall–Kier alpha value is -1.95. The van der Waals surface area contributed by atoms with Gasteiger partial charge in [0.05, 0.1) is 6.54 Å². The van der Waals surface area contributed by atoms with Crippen LogP contribution in [0.5, 0.6) is 0 Å². The number of nitrogens with one attached hydrogen (secondary N) is 1. The van der Waals surface area contributed by atoms with Crippen LogP contribution in [0.25, 0.3) is 0 Å². The van der Waals surface area contributed by atoms with E-state index >= 15 is 0 Å². The predicted octanol–water partition coefficient (Wildman–Crippen LogP) is 3.01. The Morgan fingerprint density at radius 3 is 2.65 bits per heavy atom. The number of urea groups is 1. The van der Waals surface area contributed by atoms with E-state index < -0.39 is 0 Å². The van der Waals surface area contributed by atoms with Crippen molar-refractivity contribution in [2.24, 2.45) is 0 Å². The maximum atomic E-state index is 12.0. The average Bonchev–Trinajstić information content (AvgIpc) is 2.52. The molecule has 20 heavy (non-hydrogen) atoms. The number of hydrogen-bond donors (Lipinski definition) is 1. The molecule has 2 amide bonds. The average molecular weight is 270 g/mol. The minimum absolute atomic E-state index is 0.0146. The van der Waals surface area contributed by atoms with Crippen molar-refractivity contribution in [2.45, 2.75) is 38.1 Å². The third kappa shape index (κ3) is 4.31. The van der Waals surface area contributed by atoms with Gasteiger partial charge in [0.25, 0.3) is 0 Å². The Kier molecular flexibility index (Phi) is 5.49. The molecule has 106 valence electrons. The van der Waals surface area contributed by atoms with Crippen molar-refractivity contribution in [3.05, 3.63) is 35.9 Å². The summed E-state index contributed by atoms with van der Waals surface area (Å²) >= 11 is 0. The molecule has 0 saturated heterocycles. The molecule has 2 rings (SSSR count). The Morgan fingerprint density at radius 2 is 1.95 bits per heavy atom. The summed E-state index contributed by atoms with van der Waals surface area (Å²) in [6.45, 7) is 0.394. The van der Waals surface area contributed by atoms with Gasteiger partial charge in [0.1, 0.15) is 0 Å². The lowest BCUT2D eigenvalue weighted by Gasteiger charge is -2.31. The monoisotopic (exact) mass is 270 g/mol. The van der Waals surface area contributed by atoms with E-state index in [1.807, 2.05) is 42.3 Å². The third-order valence-corrected chi connectivity index (χ3v) is 3.78. The first-order valence-corrected chi connectivity index (χ1v) is 7.32. The molecular weight excluding hydrogens is 248 g/mol. The minimum Gasteiger partial charge on any atom is -0.327 e. The van der Waals surface area contributed by atoms with Gasteiger partial charge in [-0.05, 0) is 25.0 Å². The second kappa shape index (κ2) is 7.59. The highest BCUT2D eigenvalue weighted by atomic mass is 16.2. The molecule has 0 heterocycles. The number of nitrogens with zero attached hydrogens (tertiary/aromatic N) is 1. The third-order valence-electron chi connectivity index (χ3n) is 3.78. The number of amides is 2. The van der Waals surface area contributed by atoms with Crippen LogP contribution in [0, 0.1) is 11.8 Å². The van der Waals surface area contributed by atoms with E-state index in [1.165, 1.54) is 19.3 Å². The number of carbonyl (C=O) groups is 1. The first kappa shape index (κ1) is 14.5. The summed E-state index contributed by atoms with van der Waals surface area (Å²) < 4.78 is 0. The largest absolute Gasteiger partial charge is 0.327 e. The molecule has 1 N–H and O–H groups in total. The number of hydrogen-bond acceptors (Lipinski definition) is 1. The molecule has 1 fully saturated rings. The van der Waals surface area contributed by atoms with Gasteiger partial charge in [-0.25, -0.2) is 4.79 Å². The van der Waals surface area contributed by atoms with Crippen molar-refractivity contribution in [3.8, 4) is 11.8 Å². The molecule has 1 aromatic carbocycles. The molecule has 1 aromatic rings. The van der Waals surface area contributed by atoms with Gasteiger partial charge in [-0.2, -0.15) is 0 Å². The Bertz CT molecular complexity index is 481. The SMILES string of the molecule is CN(C(=O)NCC#Cc1ccccc1)C1CCCCC1. The van der Waals surface area contributed by atoms with Crippen molar-refractivity contribution < 1.29 is 4.79 Å². The van der Waals surface area contributed by atoms with Gasteiger partial charge in [0, 0.05) is 18.7 Å². The van der Waals surface area contributed by atoms with Crippen LogP contribution in [0.1, 0.15) is 37.7 Å². The van der Waals surface area contributed by atoms with Gasteiger partial charge < -0.3 is 10.2 Å². The quantitative estimate of drug-likeness (QED) is 0.823. The maximum absolute atomic E-state index is 12.0. The van der Waals surface area contributed by atoms with Gasteiger partial charge in [0.2, 0.25) is 0 Å². The summed E-state index contributed by atoms with van der Waals surface area (Å²) in [5.74, 6) is 6.02. The van der Waals surface area contributed by atoms with Crippen LogP contribution < -0.4 is 5.32 Å². The van der Waals surface area contributed by atoms with Gasteiger partial charge in [-0.1, -0.05) is 49.3 Å². The molecule has 0 aromatic heterocycles. The van der Waals surface area contributed by atoms with Crippen LogP contribution in [0.2, 0.25) is 0 Å². The van der Waals surface area contributed by atoms with Gasteiger partial charge in [-0.3, -0.25) is 0 Å². The summed E-state index contributed by atoms with van der Waals surface area (Å²) in [4.78, 5) is 13.8. The lowest BCUT2D eigenvalue weighted by atomic mass is 9.95. The fourth-order valence-electron chi connectivity index (χ4n) is 2.55. The zero-order valence-corrected chi connectivity index (χ0v) is 12.1. The van der Waals surface area contributed by atoms with Crippen LogP contribution >= 0.6 is 0 Å². The number of carbonyl (C=O) groups excluding carboxylic acids is 1. The summed E-state index contributed by atoms with van der Waals surface area (Å²) in [5.41, 5.74) is 0.974. The predicted molar refractivity (Wildman–Crippen MR) is 81.4 cm³/mol. The van der Waals surface area contributed by atoms with E-state index in [9.17, 15) is 4.79 Å². The van der Waals surface area contributed by atoms with Crippen LogP contribution in [-0.4, -0.2) is 30.6 Å². The molecule has 3 heteroatoms. The first-order valence-electron chi connectivity index (χ1n) is 7.32. The van der Waals surface area contributed by atoms with E-state index in [0.717, 1.165) is 18.4 Å². The zero-order valence-electron chi connectivity index (χ0n) is 12.1. The summed E-state index contributed by atoms with van der Waals surface area (Å²) in [7, 11) is 1.88. The molecule has 3 nitrogen and oxygen atoms in total. The highest BCUT2D eigenvalue weighted by molar-refractivity contribution is 5.74. The van der Waals surface area contributed by atoms with Gasteiger partial charge in [0.15, 0.2) is 0 Å². The molecule has 0 bridgehead atoms. The molecule has 0 radical (unpaired) electrons. The van der Waals surface area contributed by atoms with Crippen LogP contribution in [-0.2, 0) is 0 Å². The molecule has 0 atom stereocenters. The van der Waals surface area contributed by atoms with Gasteiger partial charge in [-0.15, -0.1) is 0 Å². The van der Waals surface area contributed by atoms with E-state index in [-0.39, 0.29) is 6.03 Å². The first-order chi connectivity index (χ1) is 9.77. The number of rotatable bonds is 2. The topological polar surface area (TPSA) is 32.3 Å². The van der Waals surface area contributed by atoms with Crippen molar-refractivity contribution in [3.63, 3.8) is 0 Å². The van der Waals surface area contributed by atoms with E-state index in [2.05, 4.69) is 17.2 Å². The minimum atomic E-state index is -0.0146. The Labute approximate surface area is 121 Å². The summed E-state index contributed by atoms with van der Waals surface area (Å²) in [6, 6.07) is 10.2. The van der Waals surface area contributed by atoms with Crippen molar-refractivity contribution in [2.75, 3.05) is 13.6 Å².